The van der Waals surface area contributed by atoms with Crippen LogP contribution in [0.5, 0.6) is 0 Å². The van der Waals surface area contributed by atoms with Crippen LogP contribution < -0.4 is 0 Å². The van der Waals surface area contributed by atoms with E-state index in [1.807, 2.05) is 31.1 Å². The predicted molar refractivity (Wildman–Crippen MR) is 79.1 cm³/mol. The summed E-state index contributed by atoms with van der Waals surface area (Å²) in [6, 6.07) is 7.21. The number of rotatable bonds is 7. The Morgan fingerprint density at radius 2 is 1.95 bits per heavy atom. The van der Waals surface area contributed by atoms with Crippen LogP contribution in [0.3, 0.4) is 0 Å². The molecule has 0 fully saturated rings. The summed E-state index contributed by atoms with van der Waals surface area (Å²) in [6.07, 6.45) is 0. The first-order chi connectivity index (χ1) is 9.49. The summed E-state index contributed by atoms with van der Waals surface area (Å²) in [5.41, 5.74) is 1.55. The molecule has 0 aliphatic rings. The highest BCUT2D eigenvalue weighted by atomic mass is 35.5. The zero-order valence-corrected chi connectivity index (χ0v) is 12.7. The van der Waals surface area contributed by atoms with Gasteiger partial charge in [-0.25, -0.2) is 4.79 Å². The van der Waals surface area contributed by atoms with Gasteiger partial charge in [0.15, 0.2) is 0 Å². The van der Waals surface area contributed by atoms with Crippen molar-refractivity contribution in [2.24, 2.45) is 5.16 Å². The molecule has 0 aliphatic heterocycles. The zero-order chi connectivity index (χ0) is 15.0. The van der Waals surface area contributed by atoms with Crippen LogP contribution in [0, 0.1) is 0 Å². The van der Waals surface area contributed by atoms with Crippen LogP contribution in [0.1, 0.15) is 12.5 Å². The lowest BCUT2D eigenvalue weighted by Crippen LogP contribution is -2.21. The molecule has 0 bridgehead atoms. The van der Waals surface area contributed by atoms with Gasteiger partial charge in [0, 0.05) is 11.6 Å². The smallest absolute Gasteiger partial charge is 0.347 e. The molecule has 0 N–H and O–H groups in total. The minimum Gasteiger partial charge on any atom is -0.462 e. The number of benzene rings is 1. The van der Waals surface area contributed by atoms with E-state index in [1.165, 1.54) is 0 Å². The van der Waals surface area contributed by atoms with Gasteiger partial charge in [-0.05, 0) is 38.7 Å². The number of hydrogen-bond donors (Lipinski definition) is 0. The number of carbonyl (C=O) groups excluding carboxylic acids is 1. The molecule has 0 saturated carbocycles. The molecule has 110 valence electrons. The summed E-state index contributed by atoms with van der Waals surface area (Å²) < 4.78 is 4.96. The van der Waals surface area contributed by atoms with Crippen molar-refractivity contribution in [2.75, 3.05) is 33.9 Å². The standard InChI is InChI=1S/C14H19ClN2O3/c1-11(12-4-6-13(15)7-5-12)16-20-10-14(18)19-9-8-17(2)3/h4-7H,8-10H2,1-3H3/b16-11-. The number of halogens is 1. The van der Waals surface area contributed by atoms with Crippen LogP contribution in [0.15, 0.2) is 29.4 Å². The second-order valence-corrected chi connectivity index (χ2v) is 4.92. The van der Waals surface area contributed by atoms with Gasteiger partial charge in [0.2, 0.25) is 6.61 Å². The van der Waals surface area contributed by atoms with Crippen molar-refractivity contribution < 1.29 is 14.4 Å². The second kappa shape index (κ2) is 8.55. The third-order valence-electron chi connectivity index (χ3n) is 2.45. The van der Waals surface area contributed by atoms with Gasteiger partial charge in [-0.15, -0.1) is 0 Å². The Bertz CT molecular complexity index is 458. The molecule has 0 aromatic heterocycles. The number of likely N-dealkylation sites (N-methyl/N-ethyl adjacent to an activating group) is 1. The Balaban J connectivity index is 2.33. The molecule has 20 heavy (non-hydrogen) atoms. The maximum absolute atomic E-state index is 11.3. The first-order valence-electron chi connectivity index (χ1n) is 6.22. The quantitative estimate of drug-likeness (QED) is 0.440. The number of carbonyl (C=O) groups is 1. The van der Waals surface area contributed by atoms with E-state index in [0.717, 1.165) is 5.56 Å². The lowest BCUT2D eigenvalue weighted by atomic mass is 10.1. The summed E-state index contributed by atoms with van der Waals surface area (Å²) >= 11 is 5.80. The van der Waals surface area contributed by atoms with Gasteiger partial charge in [-0.3, -0.25) is 0 Å². The third kappa shape index (κ3) is 6.54. The van der Waals surface area contributed by atoms with Crippen LogP contribution in [0.4, 0.5) is 0 Å². The maximum Gasteiger partial charge on any atom is 0.347 e. The minimum absolute atomic E-state index is 0.196. The summed E-state index contributed by atoms with van der Waals surface area (Å²) in [6.45, 7) is 2.62. The van der Waals surface area contributed by atoms with Crippen molar-refractivity contribution >= 4 is 23.3 Å². The average molecular weight is 299 g/mol. The fourth-order valence-corrected chi connectivity index (χ4v) is 1.44. The van der Waals surface area contributed by atoms with Crippen molar-refractivity contribution in [1.82, 2.24) is 4.90 Å². The van der Waals surface area contributed by atoms with Gasteiger partial charge >= 0.3 is 5.97 Å². The van der Waals surface area contributed by atoms with Crippen LogP contribution in [0.25, 0.3) is 0 Å². The van der Waals surface area contributed by atoms with E-state index in [2.05, 4.69) is 5.16 Å². The van der Waals surface area contributed by atoms with E-state index < -0.39 is 5.97 Å². The number of hydrogen-bond acceptors (Lipinski definition) is 5. The van der Waals surface area contributed by atoms with Crippen molar-refractivity contribution in [3.8, 4) is 0 Å². The van der Waals surface area contributed by atoms with E-state index in [-0.39, 0.29) is 6.61 Å². The predicted octanol–water partition coefficient (Wildman–Crippen LogP) is 2.19. The molecule has 5 nitrogen and oxygen atoms in total. The monoisotopic (exact) mass is 298 g/mol. The van der Waals surface area contributed by atoms with Gasteiger partial charge in [-0.2, -0.15) is 0 Å². The summed E-state index contributed by atoms with van der Waals surface area (Å²) in [4.78, 5) is 18.2. The highest BCUT2D eigenvalue weighted by Gasteiger charge is 2.04. The molecule has 0 unspecified atom stereocenters. The first kappa shape index (κ1) is 16.5. The molecular formula is C14H19ClN2O3. The molecule has 1 aromatic rings. The van der Waals surface area contributed by atoms with Gasteiger partial charge < -0.3 is 14.5 Å². The molecule has 0 heterocycles. The molecule has 0 atom stereocenters. The van der Waals surface area contributed by atoms with Gasteiger partial charge in [0.05, 0.1) is 5.71 Å². The molecule has 6 heteroatoms. The van der Waals surface area contributed by atoms with E-state index in [1.54, 1.807) is 19.1 Å². The van der Waals surface area contributed by atoms with Crippen molar-refractivity contribution in [3.05, 3.63) is 34.9 Å². The average Bonchev–Trinajstić information content (AvgIpc) is 2.39. The minimum atomic E-state index is -0.431. The van der Waals surface area contributed by atoms with E-state index in [4.69, 9.17) is 21.2 Å². The second-order valence-electron chi connectivity index (χ2n) is 4.48. The first-order valence-corrected chi connectivity index (χ1v) is 6.59. The Morgan fingerprint density at radius 3 is 2.55 bits per heavy atom. The molecule has 0 amide bonds. The summed E-state index contributed by atoms with van der Waals surface area (Å²) in [5, 5.41) is 4.53. The Labute approximate surface area is 124 Å². The van der Waals surface area contributed by atoms with Crippen molar-refractivity contribution in [2.45, 2.75) is 6.92 Å². The molecule has 0 saturated heterocycles. The van der Waals surface area contributed by atoms with E-state index in [9.17, 15) is 4.79 Å². The maximum atomic E-state index is 11.3. The molecule has 0 radical (unpaired) electrons. The normalized spacial score (nSPS) is 11.6. The third-order valence-corrected chi connectivity index (χ3v) is 2.70. The fourth-order valence-electron chi connectivity index (χ4n) is 1.31. The molecule has 1 aromatic carbocycles. The number of ether oxygens (including phenoxy) is 1. The topological polar surface area (TPSA) is 51.1 Å². The zero-order valence-electron chi connectivity index (χ0n) is 11.9. The van der Waals surface area contributed by atoms with Crippen molar-refractivity contribution in [3.63, 3.8) is 0 Å². The molecule has 0 spiro atoms. The Hall–Kier alpha value is -1.59. The van der Waals surface area contributed by atoms with Crippen LogP contribution in [-0.4, -0.2) is 50.4 Å². The Morgan fingerprint density at radius 1 is 1.30 bits per heavy atom. The summed E-state index contributed by atoms with van der Waals surface area (Å²) in [7, 11) is 3.81. The molecule has 0 aliphatic carbocycles. The number of oxime groups is 1. The summed E-state index contributed by atoms with van der Waals surface area (Å²) in [5.74, 6) is -0.431. The highest BCUT2D eigenvalue weighted by Crippen LogP contribution is 2.10. The van der Waals surface area contributed by atoms with Crippen LogP contribution in [-0.2, 0) is 14.4 Å². The molecular weight excluding hydrogens is 280 g/mol. The number of nitrogens with zero attached hydrogens (tertiary/aromatic N) is 2. The fraction of sp³-hybridized carbons (Fsp3) is 0.429. The number of esters is 1. The Kier molecular flexibility index (Phi) is 7.04. The SMILES string of the molecule is C/C(=N/OCC(=O)OCCN(C)C)c1ccc(Cl)cc1. The molecule has 1 rings (SSSR count). The lowest BCUT2D eigenvalue weighted by Gasteiger charge is -2.09. The largest absolute Gasteiger partial charge is 0.462 e. The van der Waals surface area contributed by atoms with Crippen molar-refractivity contribution in [1.29, 1.82) is 0 Å². The van der Waals surface area contributed by atoms with E-state index >= 15 is 0 Å². The van der Waals surface area contributed by atoms with Crippen LogP contribution in [0.2, 0.25) is 5.02 Å². The lowest BCUT2D eigenvalue weighted by molar-refractivity contribution is -0.149. The van der Waals surface area contributed by atoms with E-state index in [0.29, 0.717) is 23.9 Å². The van der Waals surface area contributed by atoms with Gasteiger partial charge in [0.25, 0.3) is 0 Å². The van der Waals surface area contributed by atoms with Crippen LogP contribution >= 0.6 is 11.6 Å². The van der Waals surface area contributed by atoms with Gasteiger partial charge in [-0.1, -0.05) is 28.9 Å². The highest BCUT2D eigenvalue weighted by molar-refractivity contribution is 6.30. The van der Waals surface area contributed by atoms with Gasteiger partial charge in [0.1, 0.15) is 6.61 Å².